The molecule has 0 aromatic heterocycles. The predicted octanol–water partition coefficient (Wildman–Crippen LogP) is 3.76. The number of halogens is 1. The van der Waals surface area contributed by atoms with Crippen molar-refractivity contribution in [1.29, 1.82) is 0 Å². The van der Waals surface area contributed by atoms with Crippen molar-refractivity contribution in [2.45, 2.75) is 51.7 Å². The molecule has 2 rings (SSSR count). The fourth-order valence-electron chi connectivity index (χ4n) is 3.09. The van der Waals surface area contributed by atoms with Crippen molar-refractivity contribution in [3.05, 3.63) is 35.6 Å². The Bertz CT molecular complexity index is 436. The number of rotatable bonds is 4. The van der Waals surface area contributed by atoms with Gasteiger partial charge in [-0.1, -0.05) is 32.0 Å². The fourth-order valence-corrected chi connectivity index (χ4v) is 3.09. The smallest absolute Gasteiger partial charge is 0.129 e. The van der Waals surface area contributed by atoms with Gasteiger partial charge in [-0.05, 0) is 44.2 Å². The molecule has 0 heterocycles. The molecule has 1 aliphatic rings. The van der Waals surface area contributed by atoms with E-state index in [0.717, 1.165) is 12.8 Å². The number of likely N-dealkylation sites (N-methyl/N-ethyl adjacent to an activating group) is 1. The first kappa shape index (κ1) is 15.5. The molecule has 0 saturated heterocycles. The van der Waals surface area contributed by atoms with Crippen LogP contribution in [0.2, 0.25) is 0 Å². The van der Waals surface area contributed by atoms with Crippen LogP contribution in [-0.2, 0) is 0 Å². The zero-order valence-electron chi connectivity index (χ0n) is 12.8. The quantitative estimate of drug-likeness (QED) is 0.907. The number of hydrogen-bond donors (Lipinski definition) is 1. The highest BCUT2D eigenvalue weighted by atomic mass is 19.1. The SMILES string of the molecule is CN(CC(O)c1ccccc1F)C1CCC(C)(C)CC1. The summed E-state index contributed by atoms with van der Waals surface area (Å²) < 4.78 is 13.7. The van der Waals surface area contributed by atoms with Gasteiger partial charge in [-0.2, -0.15) is 0 Å². The zero-order chi connectivity index (χ0) is 14.8. The molecule has 1 N–H and O–H groups in total. The Morgan fingerprint density at radius 3 is 2.50 bits per heavy atom. The van der Waals surface area contributed by atoms with Crippen LogP contribution in [0.5, 0.6) is 0 Å². The van der Waals surface area contributed by atoms with E-state index in [0.29, 0.717) is 23.6 Å². The molecule has 1 unspecified atom stereocenters. The van der Waals surface area contributed by atoms with E-state index in [-0.39, 0.29) is 5.82 Å². The summed E-state index contributed by atoms with van der Waals surface area (Å²) in [6.07, 6.45) is 4.01. The molecular formula is C17H26FNO. The Labute approximate surface area is 121 Å². The third kappa shape index (κ3) is 3.80. The first-order chi connectivity index (χ1) is 9.39. The summed E-state index contributed by atoms with van der Waals surface area (Å²) in [6.45, 7) is 5.13. The minimum Gasteiger partial charge on any atom is -0.387 e. The Morgan fingerprint density at radius 2 is 1.90 bits per heavy atom. The Kier molecular flexibility index (Phi) is 4.82. The maximum Gasteiger partial charge on any atom is 0.129 e. The highest BCUT2D eigenvalue weighted by Crippen LogP contribution is 2.36. The van der Waals surface area contributed by atoms with Crippen LogP contribution in [0.15, 0.2) is 24.3 Å². The molecular weight excluding hydrogens is 253 g/mol. The molecule has 1 atom stereocenters. The van der Waals surface area contributed by atoms with Crippen LogP contribution in [0.1, 0.15) is 51.2 Å². The molecule has 112 valence electrons. The summed E-state index contributed by atoms with van der Waals surface area (Å²) in [6, 6.07) is 6.99. The van der Waals surface area contributed by atoms with Gasteiger partial charge in [-0.15, -0.1) is 0 Å². The van der Waals surface area contributed by atoms with Gasteiger partial charge in [-0.25, -0.2) is 4.39 Å². The molecule has 0 radical (unpaired) electrons. The third-order valence-electron chi connectivity index (χ3n) is 4.66. The minimum absolute atomic E-state index is 0.321. The van der Waals surface area contributed by atoms with Gasteiger partial charge in [0, 0.05) is 18.2 Å². The fraction of sp³-hybridized carbons (Fsp3) is 0.647. The molecule has 1 aromatic carbocycles. The molecule has 20 heavy (non-hydrogen) atoms. The second-order valence-corrected chi connectivity index (χ2v) is 6.87. The van der Waals surface area contributed by atoms with E-state index in [1.165, 1.54) is 18.9 Å². The Morgan fingerprint density at radius 1 is 1.30 bits per heavy atom. The first-order valence-corrected chi connectivity index (χ1v) is 7.52. The van der Waals surface area contributed by atoms with E-state index in [2.05, 4.69) is 18.7 Å². The van der Waals surface area contributed by atoms with Crippen molar-refractivity contribution in [3.63, 3.8) is 0 Å². The van der Waals surface area contributed by atoms with Gasteiger partial charge in [0.15, 0.2) is 0 Å². The average Bonchev–Trinajstić information content (AvgIpc) is 2.38. The summed E-state index contributed by atoms with van der Waals surface area (Å²) in [5.41, 5.74) is 0.845. The van der Waals surface area contributed by atoms with Gasteiger partial charge in [0.05, 0.1) is 6.10 Å². The zero-order valence-corrected chi connectivity index (χ0v) is 12.8. The molecule has 0 bridgehead atoms. The van der Waals surface area contributed by atoms with Crippen molar-refractivity contribution < 1.29 is 9.50 Å². The van der Waals surface area contributed by atoms with Crippen molar-refractivity contribution in [3.8, 4) is 0 Å². The second kappa shape index (κ2) is 6.23. The molecule has 0 aliphatic heterocycles. The lowest BCUT2D eigenvalue weighted by Gasteiger charge is -2.39. The van der Waals surface area contributed by atoms with Crippen molar-refractivity contribution in [2.24, 2.45) is 5.41 Å². The summed E-state index contributed by atoms with van der Waals surface area (Å²) in [4.78, 5) is 2.19. The topological polar surface area (TPSA) is 23.5 Å². The van der Waals surface area contributed by atoms with Gasteiger partial charge in [-0.3, -0.25) is 0 Å². The molecule has 2 nitrogen and oxygen atoms in total. The number of hydrogen-bond acceptors (Lipinski definition) is 2. The minimum atomic E-state index is -0.754. The lowest BCUT2D eigenvalue weighted by atomic mass is 9.75. The van der Waals surface area contributed by atoms with E-state index in [1.807, 2.05) is 7.05 Å². The van der Waals surface area contributed by atoms with Gasteiger partial charge in [0.2, 0.25) is 0 Å². The van der Waals surface area contributed by atoms with E-state index in [9.17, 15) is 9.50 Å². The van der Waals surface area contributed by atoms with Crippen LogP contribution < -0.4 is 0 Å². The van der Waals surface area contributed by atoms with Crippen LogP contribution >= 0.6 is 0 Å². The summed E-state index contributed by atoms with van der Waals surface area (Å²) >= 11 is 0. The predicted molar refractivity (Wildman–Crippen MR) is 80.0 cm³/mol. The van der Waals surface area contributed by atoms with Crippen LogP contribution in [0, 0.1) is 11.2 Å². The summed E-state index contributed by atoms with van der Waals surface area (Å²) in [5, 5.41) is 10.2. The molecule has 0 amide bonds. The van der Waals surface area contributed by atoms with E-state index < -0.39 is 6.10 Å². The normalized spacial score (nSPS) is 21.1. The van der Waals surface area contributed by atoms with Crippen molar-refractivity contribution >= 4 is 0 Å². The van der Waals surface area contributed by atoms with Crippen LogP contribution in [0.3, 0.4) is 0 Å². The molecule has 1 aliphatic carbocycles. The highest BCUT2D eigenvalue weighted by molar-refractivity contribution is 5.20. The molecule has 1 fully saturated rings. The monoisotopic (exact) mass is 279 g/mol. The van der Waals surface area contributed by atoms with E-state index in [1.54, 1.807) is 18.2 Å². The van der Waals surface area contributed by atoms with Gasteiger partial charge in [0.25, 0.3) is 0 Å². The average molecular weight is 279 g/mol. The largest absolute Gasteiger partial charge is 0.387 e. The number of aliphatic hydroxyl groups is 1. The standard InChI is InChI=1S/C17H26FNO/c1-17(2)10-8-13(9-11-17)19(3)12-16(20)14-6-4-5-7-15(14)18/h4-7,13,16,20H,8-12H2,1-3H3. The molecule has 1 saturated carbocycles. The molecule has 0 spiro atoms. The van der Waals surface area contributed by atoms with Crippen LogP contribution in [0.4, 0.5) is 4.39 Å². The van der Waals surface area contributed by atoms with Crippen LogP contribution in [0.25, 0.3) is 0 Å². The summed E-state index contributed by atoms with van der Waals surface area (Å²) in [7, 11) is 2.03. The third-order valence-corrected chi connectivity index (χ3v) is 4.66. The Balaban J connectivity index is 1.92. The number of aliphatic hydroxyl groups excluding tert-OH is 1. The summed E-state index contributed by atoms with van der Waals surface area (Å²) in [5.74, 6) is -0.321. The van der Waals surface area contributed by atoms with E-state index >= 15 is 0 Å². The number of benzene rings is 1. The van der Waals surface area contributed by atoms with E-state index in [4.69, 9.17) is 0 Å². The van der Waals surface area contributed by atoms with Gasteiger partial charge >= 0.3 is 0 Å². The van der Waals surface area contributed by atoms with Gasteiger partial charge < -0.3 is 10.0 Å². The maximum atomic E-state index is 13.7. The maximum absolute atomic E-state index is 13.7. The van der Waals surface area contributed by atoms with Crippen molar-refractivity contribution in [2.75, 3.05) is 13.6 Å². The second-order valence-electron chi connectivity index (χ2n) is 6.87. The lowest BCUT2D eigenvalue weighted by Crippen LogP contribution is -2.39. The van der Waals surface area contributed by atoms with Crippen LogP contribution in [-0.4, -0.2) is 29.6 Å². The highest BCUT2D eigenvalue weighted by Gasteiger charge is 2.29. The lowest BCUT2D eigenvalue weighted by molar-refractivity contribution is 0.0706. The van der Waals surface area contributed by atoms with Gasteiger partial charge in [0.1, 0.15) is 5.82 Å². The number of nitrogens with zero attached hydrogens (tertiary/aromatic N) is 1. The molecule has 1 aromatic rings. The Hall–Kier alpha value is -0.930. The van der Waals surface area contributed by atoms with Crippen molar-refractivity contribution in [1.82, 2.24) is 4.90 Å². The molecule has 3 heteroatoms. The first-order valence-electron chi connectivity index (χ1n) is 7.52.